The molecule has 2 rings (SSSR count). The first-order chi connectivity index (χ1) is 11.9. The Morgan fingerprint density at radius 3 is 2.64 bits per heavy atom. The molecule has 1 aliphatic carbocycles. The molecule has 0 bridgehead atoms. The standard InChI is InChI=1S/C20H21NO4/c1-6-8-25-18-10-16-13(9-17(18)23-5)14(11-20(16,3)4)15(12-21)19(22)24-7-2/h1,9-10H,7-8,11H2,2-5H3. The lowest BCUT2D eigenvalue weighted by Crippen LogP contribution is -2.13. The third-order valence-corrected chi connectivity index (χ3v) is 4.18. The van der Waals surface area contributed by atoms with Gasteiger partial charge in [0.05, 0.1) is 13.7 Å². The summed E-state index contributed by atoms with van der Waals surface area (Å²) in [5.41, 5.74) is 2.22. The molecule has 0 aromatic heterocycles. The summed E-state index contributed by atoms with van der Waals surface area (Å²) in [5.74, 6) is 2.88. The van der Waals surface area contributed by atoms with Crippen molar-refractivity contribution in [2.75, 3.05) is 20.3 Å². The van der Waals surface area contributed by atoms with E-state index in [1.807, 2.05) is 12.1 Å². The van der Waals surface area contributed by atoms with Crippen LogP contribution in [0, 0.1) is 23.7 Å². The van der Waals surface area contributed by atoms with Crippen molar-refractivity contribution in [3.63, 3.8) is 0 Å². The van der Waals surface area contributed by atoms with E-state index in [1.54, 1.807) is 13.0 Å². The Morgan fingerprint density at radius 1 is 1.36 bits per heavy atom. The van der Waals surface area contributed by atoms with Gasteiger partial charge in [-0.3, -0.25) is 0 Å². The van der Waals surface area contributed by atoms with E-state index in [4.69, 9.17) is 20.6 Å². The summed E-state index contributed by atoms with van der Waals surface area (Å²) in [7, 11) is 1.53. The molecule has 0 aliphatic heterocycles. The van der Waals surface area contributed by atoms with Crippen LogP contribution in [0.15, 0.2) is 17.7 Å². The number of carbonyl (C=O) groups is 1. The van der Waals surface area contributed by atoms with Gasteiger partial charge < -0.3 is 14.2 Å². The maximum atomic E-state index is 12.2. The highest BCUT2D eigenvalue weighted by Crippen LogP contribution is 2.50. The van der Waals surface area contributed by atoms with E-state index in [0.717, 1.165) is 11.1 Å². The lowest BCUT2D eigenvalue weighted by Gasteiger charge is -2.20. The molecule has 25 heavy (non-hydrogen) atoms. The van der Waals surface area contributed by atoms with Gasteiger partial charge in [0.25, 0.3) is 0 Å². The highest BCUT2D eigenvalue weighted by molar-refractivity contribution is 6.03. The highest BCUT2D eigenvalue weighted by atomic mass is 16.5. The van der Waals surface area contributed by atoms with Crippen molar-refractivity contribution in [2.45, 2.75) is 32.6 Å². The molecule has 0 heterocycles. The molecule has 1 aromatic carbocycles. The molecule has 5 heteroatoms. The maximum Gasteiger partial charge on any atom is 0.349 e. The fourth-order valence-corrected chi connectivity index (χ4v) is 3.06. The molecule has 130 valence electrons. The zero-order valence-electron chi connectivity index (χ0n) is 14.9. The van der Waals surface area contributed by atoms with Crippen LogP contribution in [0.1, 0.15) is 38.3 Å². The molecule has 0 radical (unpaired) electrons. The van der Waals surface area contributed by atoms with E-state index in [2.05, 4.69) is 19.8 Å². The van der Waals surface area contributed by atoms with E-state index in [9.17, 15) is 10.1 Å². The van der Waals surface area contributed by atoms with Gasteiger partial charge in [-0.05, 0) is 47.6 Å². The van der Waals surface area contributed by atoms with Gasteiger partial charge in [-0.2, -0.15) is 5.26 Å². The average Bonchev–Trinajstić information content (AvgIpc) is 2.83. The fraction of sp³-hybridized carbons (Fsp3) is 0.400. The van der Waals surface area contributed by atoms with Crippen LogP contribution < -0.4 is 9.47 Å². The van der Waals surface area contributed by atoms with E-state index in [0.29, 0.717) is 23.5 Å². The van der Waals surface area contributed by atoms with Gasteiger partial charge in [0.15, 0.2) is 11.5 Å². The van der Waals surface area contributed by atoms with E-state index in [-0.39, 0.29) is 24.2 Å². The molecule has 0 N–H and O–H groups in total. The normalized spacial score (nSPS) is 16.2. The Hall–Kier alpha value is -2.92. The second-order valence-electron chi connectivity index (χ2n) is 6.29. The maximum absolute atomic E-state index is 12.2. The van der Waals surface area contributed by atoms with Crippen molar-refractivity contribution in [3.8, 4) is 29.9 Å². The van der Waals surface area contributed by atoms with Gasteiger partial charge in [-0.15, -0.1) is 6.42 Å². The number of carbonyl (C=O) groups excluding carboxylic acids is 1. The van der Waals surface area contributed by atoms with Crippen LogP contribution in [0.25, 0.3) is 5.57 Å². The number of hydrogen-bond donors (Lipinski definition) is 0. The average molecular weight is 339 g/mol. The molecule has 0 saturated heterocycles. The van der Waals surface area contributed by atoms with E-state index < -0.39 is 5.97 Å². The summed E-state index contributed by atoms with van der Waals surface area (Å²) in [5, 5.41) is 9.49. The zero-order valence-corrected chi connectivity index (χ0v) is 14.9. The molecule has 0 saturated carbocycles. The Morgan fingerprint density at radius 2 is 2.08 bits per heavy atom. The molecule has 0 amide bonds. The van der Waals surface area contributed by atoms with Crippen LogP contribution in [0.5, 0.6) is 11.5 Å². The summed E-state index contributed by atoms with van der Waals surface area (Å²) in [6.45, 7) is 6.16. The van der Waals surface area contributed by atoms with E-state index >= 15 is 0 Å². The number of esters is 1. The van der Waals surface area contributed by atoms with Gasteiger partial charge in [0.1, 0.15) is 18.2 Å². The van der Waals surface area contributed by atoms with Gasteiger partial charge in [-0.1, -0.05) is 19.8 Å². The first kappa shape index (κ1) is 18.4. The molecule has 0 spiro atoms. The molecular weight excluding hydrogens is 318 g/mol. The number of methoxy groups -OCH3 is 1. The third kappa shape index (κ3) is 3.46. The Bertz CT molecular complexity index is 806. The van der Waals surface area contributed by atoms with Crippen LogP contribution in [-0.2, 0) is 14.9 Å². The van der Waals surface area contributed by atoms with Gasteiger partial charge in [0, 0.05) is 0 Å². The first-order valence-electron chi connectivity index (χ1n) is 7.99. The number of fused-ring (bicyclic) bond motifs is 1. The van der Waals surface area contributed by atoms with Crippen LogP contribution >= 0.6 is 0 Å². The number of rotatable bonds is 5. The number of hydrogen-bond acceptors (Lipinski definition) is 5. The molecule has 1 aliphatic rings. The monoisotopic (exact) mass is 339 g/mol. The highest BCUT2D eigenvalue weighted by Gasteiger charge is 2.37. The van der Waals surface area contributed by atoms with Crippen molar-refractivity contribution < 1.29 is 19.0 Å². The van der Waals surface area contributed by atoms with E-state index in [1.165, 1.54) is 7.11 Å². The van der Waals surface area contributed by atoms with Gasteiger partial charge >= 0.3 is 5.97 Å². The first-order valence-corrected chi connectivity index (χ1v) is 7.99. The summed E-state index contributed by atoms with van der Waals surface area (Å²) < 4.78 is 16.0. The third-order valence-electron chi connectivity index (χ3n) is 4.18. The van der Waals surface area contributed by atoms with Crippen LogP contribution in [0.3, 0.4) is 0 Å². The number of allylic oxidation sites excluding steroid dienone is 1. The lowest BCUT2D eigenvalue weighted by molar-refractivity contribution is -0.137. The molecule has 0 atom stereocenters. The minimum atomic E-state index is -0.602. The Balaban J connectivity index is 2.66. The summed E-state index contributed by atoms with van der Waals surface area (Å²) in [4.78, 5) is 12.2. The molecule has 0 fully saturated rings. The number of nitrogens with zero attached hydrogens (tertiary/aromatic N) is 1. The zero-order chi connectivity index (χ0) is 18.6. The van der Waals surface area contributed by atoms with Crippen molar-refractivity contribution in [1.82, 2.24) is 0 Å². The number of benzene rings is 1. The smallest absolute Gasteiger partial charge is 0.349 e. The Kier molecular flexibility index (Phi) is 5.39. The summed E-state index contributed by atoms with van der Waals surface area (Å²) in [6.07, 6.45) is 5.81. The predicted molar refractivity (Wildman–Crippen MR) is 94.1 cm³/mol. The minimum absolute atomic E-state index is 0.0352. The number of ether oxygens (including phenoxy) is 3. The quantitative estimate of drug-likeness (QED) is 0.356. The molecule has 1 aromatic rings. The topological polar surface area (TPSA) is 68.5 Å². The van der Waals surface area contributed by atoms with Crippen molar-refractivity contribution in [1.29, 1.82) is 5.26 Å². The van der Waals surface area contributed by atoms with Crippen molar-refractivity contribution in [3.05, 3.63) is 28.8 Å². The SMILES string of the molecule is C#CCOc1cc2c(cc1OC)C(=C(C#N)C(=O)OCC)CC2(C)C. The largest absolute Gasteiger partial charge is 0.493 e. The second-order valence-corrected chi connectivity index (χ2v) is 6.29. The Labute approximate surface area is 148 Å². The molecule has 5 nitrogen and oxygen atoms in total. The number of terminal acetylenes is 1. The van der Waals surface area contributed by atoms with Gasteiger partial charge in [-0.25, -0.2) is 4.79 Å². The van der Waals surface area contributed by atoms with Crippen molar-refractivity contribution >= 4 is 11.5 Å². The summed E-state index contributed by atoms with van der Waals surface area (Å²) in [6, 6.07) is 5.67. The lowest BCUT2D eigenvalue weighted by atomic mass is 9.86. The molecule has 0 unspecified atom stereocenters. The second kappa shape index (κ2) is 7.32. The van der Waals surface area contributed by atoms with Crippen molar-refractivity contribution in [2.24, 2.45) is 0 Å². The minimum Gasteiger partial charge on any atom is -0.493 e. The van der Waals surface area contributed by atoms with Crippen LogP contribution in [0.2, 0.25) is 0 Å². The fourth-order valence-electron chi connectivity index (χ4n) is 3.06. The number of nitriles is 1. The van der Waals surface area contributed by atoms with Gasteiger partial charge in [0.2, 0.25) is 0 Å². The van der Waals surface area contributed by atoms with Crippen LogP contribution in [0.4, 0.5) is 0 Å². The molecular formula is C20H21NO4. The predicted octanol–water partition coefficient (Wildman–Crippen LogP) is 3.23. The summed E-state index contributed by atoms with van der Waals surface area (Å²) >= 11 is 0. The van der Waals surface area contributed by atoms with Crippen LogP contribution in [-0.4, -0.2) is 26.3 Å².